The lowest BCUT2D eigenvalue weighted by Crippen LogP contribution is -2.41. The Morgan fingerprint density at radius 3 is 2.82 bits per heavy atom. The Labute approximate surface area is 128 Å². The van der Waals surface area contributed by atoms with Crippen LogP contribution in [0.2, 0.25) is 0 Å². The number of hydrogen-bond acceptors (Lipinski definition) is 6. The van der Waals surface area contributed by atoms with Gasteiger partial charge in [0.2, 0.25) is 0 Å². The normalized spacial score (nSPS) is 18.6. The molecule has 0 aromatic carbocycles. The summed E-state index contributed by atoms with van der Waals surface area (Å²) in [7, 11) is -2.08. The number of nitrogens with one attached hydrogen (secondary N) is 1. The van der Waals surface area contributed by atoms with Gasteiger partial charge in [-0.1, -0.05) is 19.1 Å². The maximum absolute atomic E-state index is 12.4. The monoisotopic (exact) mass is 325 g/mol. The summed E-state index contributed by atoms with van der Waals surface area (Å²) in [5, 5.41) is 11.8. The van der Waals surface area contributed by atoms with Gasteiger partial charge in [0.15, 0.2) is 10.9 Å². The summed E-state index contributed by atoms with van der Waals surface area (Å²) < 4.78 is 30.4. The Bertz CT molecular complexity index is 777. The van der Waals surface area contributed by atoms with Crippen LogP contribution in [0.1, 0.15) is 37.8 Å². The minimum Gasteiger partial charge on any atom is -0.248 e. The maximum Gasteiger partial charge on any atom is 0.259 e. The molecule has 0 aliphatic carbocycles. The fraction of sp³-hybridized carbons (Fsp3) is 0.667. The summed E-state index contributed by atoms with van der Waals surface area (Å²) in [5.41, 5.74) is 0. The summed E-state index contributed by atoms with van der Waals surface area (Å²) in [6.45, 7) is 4.56. The van der Waals surface area contributed by atoms with Crippen LogP contribution in [0, 0.1) is 0 Å². The van der Waals surface area contributed by atoms with E-state index < -0.39 is 10.0 Å². The average Bonchev–Trinajstić information content (AvgIpc) is 3.03. The van der Waals surface area contributed by atoms with E-state index in [2.05, 4.69) is 25.1 Å². The third-order valence-electron chi connectivity index (χ3n) is 3.66. The maximum atomic E-state index is 12.4. The number of nitrogens with zero attached hydrogens (tertiary/aromatic N) is 6. The largest absolute Gasteiger partial charge is 0.259 e. The summed E-state index contributed by atoms with van der Waals surface area (Å²) in [6, 6.07) is -0.214. The van der Waals surface area contributed by atoms with E-state index in [4.69, 9.17) is 0 Å². The zero-order valence-corrected chi connectivity index (χ0v) is 13.6. The highest BCUT2D eigenvalue weighted by Crippen LogP contribution is 2.18. The molecule has 2 aromatic heterocycles. The molecule has 120 valence electrons. The van der Waals surface area contributed by atoms with E-state index in [9.17, 15) is 8.42 Å². The van der Waals surface area contributed by atoms with Gasteiger partial charge in [-0.05, 0) is 6.42 Å². The van der Waals surface area contributed by atoms with Crippen LogP contribution in [0.4, 0.5) is 0 Å². The van der Waals surface area contributed by atoms with Gasteiger partial charge < -0.3 is 0 Å². The van der Waals surface area contributed by atoms with Crippen LogP contribution in [-0.2, 0) is 30.0 Å². The predicted octanol–water partition coefficient (Wildman–Crippen LogP) is -0.177. The van der Waals surface area contributed by atoms with Gasteiger partial charge in [0.05, 0.1) is 12.7 Å². The van der Waals surface area contributed by atoms with Crippen LogP contribution in [0.15, 0.2) is 11.2 Å². The van der Waals surface area contributed by atoms with E-state index in [1.165, 1.54) is 10.9 Å². The van der Waals surface area contributed by atoms with Crippen LogP contribution in [0.25, 0.3) is 0 Å². The molecule has 1 N–H and O–H groups in total. The molecule has 3 rings (SSSR count). The molecule has 0 bridgehead atoms. The van der Waals surface area contributed by atoms with Crippen LogP contribution < -0.4 is 4.72 Å². The molecule has 0 fully saturated rings. The van der Waals surface area contributed by atoms with Crippen LogP contribution in [-0.4, -0.2) is 44.2 Å². The first-order valence-electron chi connectivity index (χ1n) is 7.17. The fourth-order valence-corrected chi connectivity index (χ4v) is 3.79. The molecular weight excluding hydrogens is 306 g/mol. The van der Waals surface area contributed by atoms with Gasteiger partial charge >= 0.3 is 0 Å². The molecule has 1 aliphatic heterocycles. The number of fused-ring (bicyclic) bond motifs is 1. The Morgan fingerprint density at radius 1 is 1.41 bits per heavy atom. The minimum atomic E-state index is -3.63. The molecule has 0 spiro atoms. The van der Waals surface area contributed by atoms with Crippen molar-refractivity contribution in [3.8, 4) is 0 Å². The second-order valence-corrected chi connectivity index (χ2v) is 7.44. The van der Waals surface area contributed by atoms with Crippen LogP contribution in [0.3, 0.4) is 0 Å². The Morgan fingerprint density at radius 2 is 2.18 bits per heavy atom. The molecule has 2 aromatic rings. The number of rotatable bonds is 4. The number of hydrogen-bond donors (Lipinski definition) is 1. The first kappa shape index (κ1) is 15.1. The van der Waals surface area contributed by atoms with Crippen molar-refractivity contribution < 1.29 is 8.42 Å². The first-order chi connectivity index (χ1) is 10.4. The second kappa shape index (κ2) is 5.43. The third kappa shape index (κ3) is 2.75. The van der Waals surface area contributed by atoms with Gasteiger partial charge in [-0.15, -0.1) is 5.10 Å². The third-order valence-corrected chi connectivity index (χ3v) is 5.22. The van der Waals surface area contributed by atoms with Crippen molar-refractivity contribution in [2.75, 3.05) is 0 Å². The number of sulfonamides is 1. The molecule has 22 heavy (non-hydrogen) atoms. The molecule has 0 saturated heterocycles. The topological polar surface area (TPSA) is 108 Å². The van der Waals surface area contributed by atoms with Crippen LogP contribution >= 0.6 is 0 Å². The predicted molar refractivity (Wildman–Crippen MR) is 77.5 cm³/mol. The van der Waals surface area contributed by atoms with E-state index in [1.54, 1.807) is 11.7 Å². The quantitative estimate of drug-likeness (QED) is 0.836. The highest BCUT2D eigenvalue weighted by Gasteiger charge is 2.28. The summed E-state index contributed by atoms with van der Waals surface area (Å²) in [5.74, 6) is 1.98. The van der Waals surface area contributed by atoms with Crippen molar-refractivity contribution in [2.24, 2.45) is 7.05 Å². The second-order valence-electron chi connectivity index (χ2n) is 5.78. The molecule has 9 nitrogen and oxygen atoms in total. The van der Waals surface area contributed by atoms with E-state index in [1.807, 2.05) is 13.8 Å². The van der Waals surface area contributed by atoms with Gasteiger partial charge in [-0.3, -0.25) is 0 Å². The summed E-state index contributed by atoms with van der Waals surface area (Å²) >= 11 is 0. The molecule has 1 atom stereocenters. The molecule has 1 unspecified atom stereocenters. The molecule has 0 saturated carbocycles. The molecular formula is C12H19N7O2S. The van der Waals surface area contributed by atoms with Gasteiger partial charge in [0.1, 0.15) is 5.82 Å². The molecule has 0 amide bonds. The van der Waals surface area contributed by atoms with Crippen molar-refractivity contribution in [1.82, 2.24) is 34.5 Å². The molecule has 3 heterocycles. The smallest absolute Gasteiger partial charge is 0.248 e. The zero-order valence-electron chi connectivity index (χ0n) is 12.8. The lowest BCUT2D eigenvalue weighted by atomic mass is 10.1. The molecule has 0 radical (unpaired) electrons. The van der Waals surface area contributed by atoms with Gasteiger partial charge in [-0.25, -0.2) is 27.5 Å². The first-order valence-corrected chi connectivity index (χ1v) is 8.66. The van der Waals surface area contributed by atoms with Crippen molar-refractivity contribution in [3.63, 3.8) is 0 Å². The molecule has 1 aliphatic rings. The van der Waals surface area contributed by atoms with Crippen molar-refractivity contribution in [3.05, 3.63) is 17.8 Å². The fourth-order valence-electron chi connectivity index (χ4n) is 2.47. The lowest BCUT2D eigenvalue weighted by Gasteiger charge is -2.23. The summed E-state index contributed by atoms with van der Waals surface area (Å²) in [6.07, 6.45) is 2.64. The Hall–Kier alpha value is -1.81. The van der Waals surface area contributed by atoms with E-state index in [0.717, 1.165) is 11.6 Å². The highest BCUT2D eigenvalue weighted by atomic mass is 32.2. The van der Waals surface area contributed by atoms with Gasteiger partial charge in [0, 0.05) is 25.4 Å². The average molecular weight is 325 g/mol. The minimum absolute atomic E-state index is 0.0553. The SMILES string of the molecule is CC(C)c1nc2n(n1)CC(NS(=O)(=O)c1cnnn1C)CC2. The number of aromatic nitrogens is 6. The van der Waals surface area contributed by atoms with Crippen molar-refractivity contribution in [1.29, 1.82) is 0 Å². The lowest BCUT2D eigenvalue weighted by molar-refractivity contribution is 0.393. The van der Waals surface area contributed by atoms with Crippen LogP contribution in [0.5, 0.6) is 0 Å². The number of aryl methyl sites for hydroxylation is 2. The molecule has 10 heteroatoms. The zero-order chi connectivity index (χ0) is 15.9. The Balaban J connectivity index is 1.76. The van der Waals surface area contributed by atoms with Gasteiger partial charge in [0.25, 0.3) is 10.0 Å². The van der Waals surface area contributed by atoms with Crippen molar-refractivity contribution in [2.45, 2.75) is 50.2 Å². The van der Waals surface area contributed by atoms with Gasteiger partial charge in [-0.2, -0.15) is 5.10 Å². The summed E-state index contributed by atoms with van der Waals surface area (Å²) in [4.78, 5) is 4.50. The van der Waals surface area contributed by atoms with E-state index in [0.29, 0.717) is 19.4 Å². The Kier molecular flexibility index (Phi) is 3.73. The highest BCUT2D eigenvalue weighted by molar-refractivity contribution is 7.89. The standard InChI is InChI=1S/C12H19N7O2S/c1-8(2)12-14-10-5-4-9(7-19(10)15-12)16-22(20,21)11-6-13-17-18(11)3/h6,8-9,16H,4-5,7H2,1-3H3. The van der Waals surface area contributed by atoms with E-state index in [-0.39, 0.29) is 17.0 Å². The van der Waals surface area contributed by atoms with E-state index >= 15 is 0 Å². The van der Waals surface area contributed by atoms with Crippen molar-refractivity contribution >= 4 is 10.0 Å².